The van der Waals surface area contributed by atoms with E-state index in [1.54, 1.807) is 7.11 Å². The molecule has 2 aromatic rings. The largest absolute Gasteiger partial charge is 0.400 e. The predicted octanol–water partition coefficient (Wildman–Crippen LogP) is 10.8. The summed E-state index contributed by atoms with van der Waals surface area (Å²) in [4.78, 5) is 17.5. The number of aldehydes is 1. The van der Waals surface area contributed by atoms with Gasteiger partial charge in [-0.05, 0) is 156 Å². The number of carbonyl (C=O) groups is 2. The second kappa shape index (κ2) is 27.4. The summed E-state index contributed by atoms with van der Waals surface area (Å²) in [5, 5.41) is 15.0. The SMILES string of the molecule is C=C(C)CCCC(CCOC)C1CCC(C2CCC(c3c(F)cc(-c4ccc(CCCCF)c(F)c4F)cc3F)CC2)CC1.C=C(C=O)CO.C=O.CO. The summed E-state index contributed by atoms with van der Waals surface area (Å²) >= 11 is 0. The Morgan fingerprint density at radius 1 is 0.870 bits per heavy atom. The third-order valence-corrected chi connectivity index (χ3v) is 11.0. The summed E-state index contributed by atoms with van der Waals surface area (Å²) in [6, 6.07) is 5.07. The molecule has 4 rings (SSSR count). The molecule has 0 radical (unpaired) electrons. The lowest BCUT2D eigenvalue weighted by atomic mass is 9.66. The minimum Gasteiger partial charge on any atom is -0.400 e. The molecule has 0 bridgehead atoms. The molecule has 0 aliphatic heterocycles. The van der Waals surface area contributed by atoms with Gasteiger partial charge in [-0.25, -0.2) is 17.6 Å². The molecule has 0 saturated heterocycles. The number of hydrogen-bond donors (Lipinski definition) is 2. The Bertz CT molecular complexity index is 1380. The van der Waals surface area contributed by atoms with Crippen LogP contribution in [0.4, 0.5) is 22.0 Å². The van der Waals surface area contributed by atoms with Crippen LogP contribution in [0.25, 0.3) is 11.1 Å². The van der Waals surface area contributed by atoms with Crippen molar-refractivity contribution in [2.75, 3.05) is 34.1 Å². The highest BCUT2D eigenvalue weighted by molar-refractivity contribution is 5.72. The highest BCUT2D eigenvalue weighted by Crippen LogP contribution is 2.47. The minimum absolute atomic E-state index is 0.00988. The Hall–Kier alpha value is -3.21. The second-order valence-electron chi connectivity index (χ2n) is 14.5. The van der Waals surface area contributed by atoms with Crippen LogP contribution in [0.15, 0.2) is 48.6 Å². The zero-order chi connectivity index (χ0) is 40.6. The number of ether oxygens (including phenoxy) is 1. The van der Waals surface area contributed by atoms with Gasteiger partial charge in [0.05, 0.1) is 13.3 Å². The molecule has 0 amide bonds. The number of aliphatic hydroxyl groups is 2. The van der Waals surface area contributed by atoms with E-state index in [1.807, 2.05) is 6.79 Å². The fourth-order valence-corrected chi connectivity index (χ4v) is 8.10. The van der Waals surface area contributed by atoms with Gasteiger partial charge in [-0.2, -0.15) is 0 Å². The van der Waals surface area contributed by atoms with Crippen LogP contribution in [-0.4, -0.2) is 57.4 Å². The van der Waals surface area contributed by atoms with Crippen LogP contribution in [0.5, 0.6) is 0 Å². The standard InChI is InChI=1S/C38H51F5O.C4H6O2.CH4O.CH2O/c1-25(2)7-6-9-26(20-22-44-3)27-10-12-28(13-11-27)29-14-16-30(17-15-29)36-34(40)23-32(24-35(36)41)33-19-18-31(8-4-5-21-39)37(42)38(33)43;1-4(2-5)3-6;2*1-2/h18-19,23-24,26-30H,1,4-17,20-22H2,2-3H3;2,6H,1,3H2;2H,1H3;1H2. The van der Waals surface area contributed by atoms with Crippen molar-refractivity contribution in [1.29, 1.82) is 0 Å². The van der Waals surface area contributed by atoms with Crippen molar-refractivity contribution in [2.24, 2.45) is 23.7 Å². The first kappa shape index (κ1) is 48.8. The number of carbonyl (C=O) groups excluding carboxylic acids is 2. The number of unbranched alkanes of at least 4 members (excludes halogenated alkanes) is 1. The Morgan fingerprint density at radius 3 is 1.93 bits per heavy atom. The van der Waals surface area contributed by atoms with Gasteiger partial charge in [-0.3, -0.25) is 9.18 Å². The smallest absolute Gasteiger partial charge is 0.166 e. The van der Waals surface area contributed by atoms with Crippen molar-refractivity contribution in [1.82, 2.24) is 0 Å². The lowest BCUT2D eigenvalue weighted by Gasteiger charge is -2.40. The molecule has 2 aliphatic rings. The number of allylic oxidation sites excluding steroid dienone is 1. The number of alkyl halides is 1. The van der Waals surface area contributed by atoms with E-state index in [9.17, 15) is 18.0 Å². The van der Waals surface area contributed by atoms with Gasteiger partial charge in [0.2, 0.25) is 0 Å². The van der Waals surface area contributed by atoms with E-state index in [-0.39, 0.29) is 53.2 Å². The molecule has 2 aliphatic carbocycles. The van der Waals surface area contributed by atoms with Gasteiger partial charge in [0.15, 0.2) is 11.6 Å². The van der Waals surface area contributed by atoms with E-state index < -0.39 is 29.9 Å². The van der Waals surface area contributed by atoms with Crippen molar-refractivity contribution in [3.8, 4) is 11.1 Å². The van der Waals surface area contributed by atoms with Crippen LogP contribution in [0.1, 0.15) is 114 Å². The Labute approximate surface area is 320 Å². The highest BCUT2D eigenvalue weighted by atomic mass is 19.2. The maximum Gasteiger partial charge on any atom is 0.166 e. The first-order valence-corrected chi connectivity index (χ1v) is 19.2. The number of rotatable bonds is 17. The van der Waals surface area contributed by atoms with Crippen LogP contribution in [0, 0.1) is 46.9 Å². The number of aliphatic hydroxyl groups excluding tert-OH is 2. The van der Waals surface area contributed by atoms with Crippen LogP contribution in [0.3, 0.4) is 0 Å². The van der Waals surface area contributed by atoms with Gasteiger partial charge in [0.25, 0.3) is 0 Å². The number of hydrogen-bond acceptors (Lipinski definition) is 5. The number of methoxy groups -OCH3 is 1. The Morgan fingerprint density at radius 2 is 1.44 bits per heavy atom. The molecule has 5 nitrogen and oxygen atoms in total. The molecular formula is C44H63F5O5. The number of halogens is 5. The molecule has 0 aromatic heterocycles. The summed E-state index contributed by atoms with van der Waals surface area (Å²) in [6.45, 7) is 11.4. The molecule has 10 heteroatoms. The van der Waals surface area contributed by atoms with E-state index in [2.05, 4.69) is 20.1 Å². The summed E-state index contributed by atoms with van der Waals surface area (Å²) in [5.41, 5.74) is 1.52. The van der Waals surface area contributed by atoms with Crippen molar-refractivity contribution in [3.05, 3.63) is 83.0 Å². The molecule has 2 fully saturated rings. The molecule has 0 spiro atoms. The van der Waals surface area contributed by atoms with Gasteiger partial charge in [-0.1, -0.05) is 24.3 Å². The lowest BCUT2D eigenvalue weighted by Crippen LogP contribution is -2.28. The third-order valence-electron chi connectivity index (χ3n) is 11.0. The molecule has 2 N–H and O–H groups in total. The van der Waals surface area contributed by atoms with Crippen molar-refractivity contribution in [2.45, 2.75) is 109 Å². The summed E-state index contributed by atoms with van der Waals surface area (Å²) in [6.07, 6.45) is 14.5. The minimum atomic E-state index is -1.12. The van der Waals surface area contributed by atoms with Gasteiger partial charge in [0.1, 0.15) is 24.7 Å². The highest BCUT2D eigenvalue weighted by Gasteiger charge is 2.35. The van der Waals surface area contributed by atoms with Crippen LogP contribution >= 0.6 is 0 Å². The van der Waals surface area contributed by atoms with Gasteiger partial charge >= 0.3 is 0 Å². The molecular weight excluding hydrogens is 703 g/mol. The Balaban J connectivity index is 0.00000131. The van der Waals surface area contributed by atoms with E-state index >= 15 is 8.78 Å². The van der Waals surface area contributed by atoms with Crippen LogP contribution in [-0.2, 0) is 20.7 Å². The van der Waals surface area contributed by atoms with Gasteiger partial charge < -0.3 is 19.7 Å². The lowest BCUT2D eigenvalue weighted by molar-refractivity contribution is -0.105. The molecule has 2 saturated carbocycles. The number of aryl methyl sites for hydroxylation is 1. The Kier molecular flexibility index (Phi) is 24.8. The fraction of sp³-hybridized carbons (Fsp3) is 0.591. The first-order chi connectivity index (χ1) is 26.0. The molecule has 1 unspecified atom stereocenters. The fourth-order valence-electron chi connectivity index (χ4n) is 8.10. The molecule has 1 atom stereocenters. The van der Waals surface area contributed by atoms with E-state index in [0.717, 1.165) is 70.3 Å². The van der Waals surface area contributed by atoms with Crippen molar-refractivity contribution >= 4 is 13.1 Å². The maximum atomic E-state index is 15.4. The van der Waals surface area contributed by atoms with Crippen LogP contribution < -0.4 is 0 Å². The van der Waals surface area contributed by atoms with E-state index in [1.165, 1.54) is 56.2 Å². The van der Waals surface area contributed by atoms with E-state index in [0.29, 0.717) is 30.5 Å². The average Bonchev–Trinajstić information content (AvgIpc) is 3.19. The predicted molar refractivity (Wildman–Crippen MR) is 207 cm³/mol. The quantitative estimate of drug-likeness (QED) is 0.0551. The van der Waals surface area contributed by atoms with Crippen LogP contribution in [0.2, 0.25) is 0 Å². The molecule has 54 heavy (non-hydrogen) atoms. The van der Waals surface area contributed by atoms with Crippen molar-refractivity contribution < 1.29 is 46.5 Å². The summed E-state index contributed by atoms with van der Waals surface area (Å²) in [7, 11) is 2.78. The third kappa shape index (κ3) is 15.5. The van der Waals surface area contributed by atoms with Crippen molar-refractivity contribution in [3.63, 3.8) is 0 Å². The normalized spacial score (nSPS) is 19.8. The average molecular weight is 767 g/mol. The number of benzene rings is 2. The zero-order valence-corrected chi connectivity index (χ0v) is 32.6. The maximum absolute atomic E-state index is 15.4. The summed E-state index contributed by atoms with van der Waals surface area (Å²) in [5.74, 6) is -1.01. The molecule has 0 heterocycles. The van der Waals surface area contributed by atoms with Gasteiger partial charge in [-0.15, -0.1) is 6.58 Å². The summed E-state index contributed by atoms with van der Waals surface area (Å²) < 4.78 is 78.1. The monoisotopic (exact) mass is 766 g/mol. The molecule has 2 aromatic carbocycles. The molecule has 304 valence electrons. The first-order valence-electron chi connectivity index (χ1n) is 19.2. The van der Waals surface area contributed by atoms with E-state index in [4.69, 9.17) is 19.7 Å². The van der Waals surface area contributed by atoms with Gasteiger partial charge in [0, 0.05) is 37.5 Å². The second-order valence-corrected chi connectivity index (χ2v) is 14.5. The topological polar surface area (TPSA) is 83.8 Å². The zero-order valence-electron chi connectivity index (χ0n) is 32.6.